The molecule has 0 radical (unpaired) electrons. The fourth-order valence-corrected chi connectivity index (χ4v) is 2.78. The molecule has 116 valence electrons. The van der Waals surface area contributed by atoms with Gasteiger partial charge in [0.25, 0.3) is 5.91 Å². The number of halogens is 1. The van der Waals surface area contributed by atoms with E-state index in [4.69, 9.17) is 11.6 Å². The van der Waals surface area contributed by atoms with Gasteiger partial charge in [0.1, 0.15) is 0 Å². The molecule has 5 heteroatoms. The van der Waals surface area contributed by atoms with Crippen LogP contribution in [0.15, 0.2) is 24.3 Å². The highest BCUT2D eigenvalue weighted by atomic mass is 35.5. The van der Waals surface area contributed by atoms with Crippen LogP contribution in [0.3, 0.4) is 0 Å². The van der Waals surface area contributed by atoms with Crippen molar-refractivity contribution in [2.45, 2.75) is 25.9 Å². The van der Waals surface area contributed by atoms with Crippen molar-refractivity contribution in [1.29, 1.82) is 0 Å². The van der Waals surface area contributed by atoms with E-state index >= 15 is 0 Å². The Morgan fingerprint density at radius 2 is 2.10 bits per heavy atom. The Hall–Kier alpha value is -1.10. The van der Waals surface area contributed by atoms with Gasteiger partial charge < -0.3 is 15.3 Å². The number of hydrogen-bond donors (Lipinski definition) is 2. The lowest BCUT2D eigenvalue weighted by atomic mass is 9.99. The fraction of sp³-hybridized carbons (Fsp3) is 0.562. The first-order valence-electron chi connectivity index (χ1n) is 7.49. The summed E-state index contributed by atoms with van der Waals surface area (Å²) in [4.78, 5) is 14.2. The first-order chi connectivity index (χ1) is 10.1. The van der Waals surface area contributed by atoms with E-state index in [1.807, 2.05) is 0 Å². The van der Waals surface area contributed by atoms with Crippen LogP contribution in [0, 0.1) is 5.92 Å². The average molecular weight is 311 g/mol. The molecule has 1 aromatic rings. The van der Waals surface area contributed by atoms with Gasteiger partial charge in [-0.1, -0.05) is 30.7 Å². The van der Waals surface area contributed by atoms with Crippen molar-refractivity contribution >= 4 is 17.5 Å². The lowest BCUT2D eigenvalue weighted by molar-refractivity contribution is 0.0795. The normalized spacial score (nSPS) is 18.4. The quantitative estimate of drug-likeness (QED) is 0.876. The van der Waals surface area contributed by atoms with Crippen LogP contribution in [0.1, 0.15) is 30.1 Å². The molecule has 4 nitrogen and oxygen atoms in total. The zero-order valence-corrected chi connectivity index (χ0v) is 13.1. The summed E-state index contributed by atoms with van der Waals surface area (Å²) in [7, 11) is 0. The number of benzene rings is 1. The Morgan fingerprint density at radius 1 is 1.43 bits per heavy atom. The third kappa shape index (κ3) is 4.99. The maximum atomic E-state index is 12.0. The van der Waals surface area contributed by atoms with Crippen LogP contribution in [0.25, 0.3) is 0 Å². The van der Waals surface area contributed by atoms with Crippen molar-refractivity contribution in [2.24, 2.45) is 5.92 Å². The van der Waals surface area contributed by atoms with Crippen molar-refractivity contribution in [2.75, 3.05) is 26.2 Å². The van der Waals surface area contributed by atoms with Gasteiger partial charge in [-0.15, -0.1) is 0 Å². The number of piperidine rings is 1. The van der Waals surface area contributed by atoms with Crippen molar-refractivity contribution in [3.63, 3.8) is 0 Å². The Bertz CT molecular complexity index is 473. The molecule has 1 unspecified atom stereocenters. The van der Waals surface area contributed by atoms with Crippen LogP contribution in [-0.2, 0) is 0 Å². The summed E-state index contributed by atoms with van der Waals surface area (Å²) >= 11 is 5.97. The molecule has 2 rings (SSSR count). The Labute approximate surface area is 131 Å². The van der Waals surface area contributed by atoms with Crippen LogP contribution < -0.4 is 5.32 Å². The number of aliphatic hydroxyl groups excluding tert-OH is 1. The van der Waals surface area contributed by atoms with Gasteiger partial charge in [0, 0.05) is 13.1 Å². The number of carbonyl (C=O) groups excluding carboxylic acids is 1. The van der Waals surface area contributed by atoms with Crippen LogP contribution in [0.5, 0.6) is 0 Å². The number of hydrogen-bond acceptors (Lipinski definition) is 3. The van der Waals surface area contributed by atoms with Gasteiger partial charge in [0.05, 0.1) is 16.7 Å². The predicted octanol–water partition coefficient (Wildman–Crippen LogP) is 2.16. The zero-order chi connectivity index (χ0) is 15.2. The highest BCUT2D eigenvalue weighted by Crippen LogP contribution is 2.16. The molecule has 1 amide bonds. The molecule has 1 aromatic carbocycles. The highest BCUT2D eigenvalue weighted by Gasteiger charge is 2.19. The molecule has 1 atom stereocenters. The van der Waals surface area contributed by atoms with Crippen molar-refractivity contribution in [3.05, 3.63) is 34.9 Å². The Balaban J connectivity index is 1.75. The molecule has 0 saturated carbocycles. The molecule has 1 fully saturated rings. The minimum absolute atomic E-state index is 0.244. The summed E-state index contributed by atoms with van der Waals surface area (Å²) in [6.45, 7) is 5.16. The third-order valence-electron chi connectivity index (χ3n) is 3.96. The van der Waals surface area contributed by atoms with Crippen LogP contribution in [0.2, 0.25) is 5.02 Å². The largest absolute Gasteiger partial charge is 0.390 e. The Morgan fingerprint density at radius 3 is 2.76 bits per heavy atom. The lowest BCUT2D eigenvalue weighted by Crippen LogP contribution is -2.43. The molecule has 0 bridgehead atoms. The molecule has 1 aliphatic heterocycles. The van der Waals surface area contributed by atoms with Crippen LogP contribution in [-0.4, -0.2) is 48.2 Å². The number of amides is 1. The number of β-amino-alcohol motifs (C(OH)–C–C–N with tert-alkyl or cyclic N) is 1. The monoisotopic (exact) mass is 310 g/mol. The second-order valence-corrected chi connectivity index (χ2v) is 6.23. The average Bonchev–Trinajstić information content (AvgIpc) is 2.48. The van der Waals surface area contributed by atoms with E-state index in [9.17, 15) is 9.90 Å². The van der Waals surface area contributed by atoms with Gasteiger partial charge >= 0.3 is 0 Å². The number of nitrogens with one attached hydrogen (secondary N) is 1. The Kier molecular flexibility index (Phi) is 6.03. The molecule has 2 N–H and O–H groups in total. The number of likely N-dealkylation sites (tertiary alicyclic amines) is 1. The van der Waals surface area contributed by atoms with Crippen LogP contribution in [0.4, 0.5) is 0 Å². The number of nitrogens with zero attached hydrogens (tertiary/aromatic N) is 1. The fourth-order valence-electron chi connectivity index (χ4n) is 2.56. The molecule has 1 heterocycles. The lowest BCUT2D eigenvalue weighted by Gasteiger charge is -2.31. The van der Waals surface area contributed by atoms with E-state index in [1.54, 1.807) is 24.3 Å². The van der Waals surface area contributed by atoms with E-state index < -0.39 is 6.10 Å². The molecule has 1 aliphatic rings. The molecule has 0 aromatic heterocycles. The number of rotatable bonds is 5. The van der Waals surface area contributed by atoms with E-state index in [0.717, 1.165) is 19.0 Å². The summed E-state index contributed by atoms with van der Waals surface area (Å²) in [5.74, 6) is 0.533. The minimum atomic E-state index is -0.551. The van der Waals surface area contributed by atoms with Gasteiger partial charge in [0.2, 0.25) is 0 Å². The van der Waals surface area contributed by atoms with Gasteiger partial charge in [-0.2, -0.15) is 0 Å². The van der Waals surface area contributed by atoms with Crippen molar-refractivity contribution in [1.82, 2.24) is 10.2 Å². The molecule has 0 aliphatic carbocycles. The second-order valence-electron chi connectivity index (χ2n) is 5.83. The van der Waals surface area contributed by atoms with Gasteiger partial charge in [-0.05, 0) is 44.0 Å². The SMILES string of the molecule is CC1CCN(CC(O)CNC(=O)c2ccccc2Cl)CC1. The van der Waals surface area contributed by atoms with Crippen molar-refractivity contribution in [3.8, 4) is 0 Å². The minimum Gasteiger partial charge on any atom is -0.390 e. The number of aliphatic hydroxyl groups is 1. The van der Waals surface area contributed by atoms with Crippen LogP contribution >= 0.6 is 11.6 Å². The second kappa shape index (κ2) is 7.78. The molecular weight excluding hydrogens is 288 g/mol. The van der Waals surface area contributed by atoms with E-state index in [2.05, 4.69) is 17.1 Å². The molecule has 1 saturated heterocycles. The molecular formula is C16H23ClN2O2. The first-order valence-corrected chi connectivity index (χ1v) is 7.87. The summed E-state index contributed by atoms with van der Waals surface area (Å²) in [6, 6.07) is 6.91. The van der Waals surface area contributed by atoms with E-state index in [0.29, 0.717) is 17.1 Å². The summed E-state index contributed by atoms with van der Waals surface area (Å²) in [5, 5.41) is 13.2. The number of carbonyl (C=O) groups is 1. The predicted molar refractivity (Wildman–Crippen MR) is 84.6 cm³/mol. The standard InChI is InChI=1S/C16H23ClN2O2/c1-12-6-8-19(9-7-12)11-13(20)10-18-16(21)14-4-2-3-5-15(14)17/h2-5,12-13,20H,6-11H2,1H3,(H,18,21). The van der Waals surface area contributed by atoms with Gasteiger partial charge in [-0.3, -0.25) is 4.79 Å². The van der Waals surface area contributed by atoms with Crippen molar-refractivity contribution < 1.29 is 9.90 Å². The van der Waals surface area contributed by atoms with E-state index in [1.165, 1.54) is 12.8 Å². The first kappa shape index (κ1) is 16.3. The topological polar surface area (TPSA) is 52.6 Å². The highest BCUT2D eigenvalue weighted by molar-refractivity contribution is 6.33. The maximum absolute atomic E-state index is 12.0. The van der Waals surface area contributed by atoms with Gasteiger partial charge in [-0.25, -0.2) is 0 Å². The third-order valence-corrected chi connectivity index (χ3v) is 4.29. The summed E-state index contributed by atoms with van der Waals surface area (Å²) in [5.41, 5.74) is 0.443. The zero-order valence-electron chi connectivity index (χ0n) is 12.4. The molecule has 0 spiro atoms. The molecule has 21 heavy (non-hydrogen) atoms. The maximum Gasteiger partial charge on any atom is 0.252 e. The summed E-state index contributed by atoms with van der Waals surface area (Å²) in [6.07, 6.45) is 1.81. The summed E-state index contributed by atoms with van der Waals surface area (Å²) < 4.78 is 0. The smallest absolute Gasteiger partial charge is 0.252 e. The van der Waals surface area contributed by atoms with E-state index in [-0.39, 0.29) is 12.5 Å². The van der Waals surface area contributed by atoms with Gasteiger partial charge in [0.15, 0.2) is 0 Å².